The van der Waals surface area contributed by atoms with Gasteiger partial charge in [-0.05, 0) is 65.7 Å². The first-order valence-electron chi connectivity index (χ1n) is 9.97. The summed E-state index contributed by atoms with van der Waals surface area (Å²) in [6.45, 7) is 4.24. The van der Waals surface area contributed by atoms with Gasteiger partial charge in [0.1, 0.15) is 0 Å². The van der Waals surface area contributed by atoms with Gasteiger partial charge in [0.2, 0.25) is 0 Å². The maximum Gasteiger partial charge on any atom is 0.261 e. The number of hydrogen-bond acceptors (Lipinski definition) is 3. The first kappa shape index (κ1) is 21.0. The highest BCUT2D eigenvalue weighted by molar-refractivity contribution is 9.10. The predicted molar refractivity (Wildman–Crippen MR) is 124 cm³/mol. The average Bonchev–Trinajstić information content (AvgIpc) is 3.00. The van der Waals surface area contributed by atoms with Crippen molar-refractivity contribution in [3.8, 4) is 0 Å². The number of benzene rings is 3. The summed E-state index contributed by atoms with van der Waals surface area (Å²) in [5, 5.41) is 0. The number of aryl methyl sites for hydroxylation is 2. The zero-order chi connectivity index (χ0) is 22.1. The summed E-state index contributed by atoms with van der Waals surface area (Å²) in [5.74, 6) is -0.847. The van der Waals surface area contributed by atoms with Crippen molar-refractivity contribution < 1.29 is 14.4 Å². The van der Waals surface area contributed by atoms with E-state index in [0.29, 0.717) is 21.2 Å². The summed E-state index contributed by atoms with van der Waals surface area (Å²) in [5.41, 5.74) is 4.12. The van der Waals surface area contributed by atoms with E-state index in [0.717, 1.165) is 16.8 Å². The molecule has 3 aromatic rings. The highest BCUT2D eigenvalue weighted by atomic mass is 79.9. The van der Waals surface area contributed by atoms with Crippen LogP contribution in [-0.2, 0) is 0 Å². The van der Waals surface area contributed by atoms with E-state index in [2.05, 4.69) is 15.9 Å². The molecule has 3 amide bonds. The van der Waals surface area contributed by atoms with E-state index < -0.39 is 0 Å². The van der Waals surface area contributed by atoms with Crippen LogP contribution in [0.15, 0.2) is 71.2 Å². The Kier molecular flexibility index (Phi) is 5.74. The van der Waals surface area contributed by atoms with E-state index in [1.807, 2.05) is 50.2 Å². The molecule has 156 valence electrons. The minimum atomic E-state index is -0.325. The van der Waals surface area contributed by atoms with Gasteiger partial charge in [0.25, 0.3) is 17.7 Å². The minimum Gasteiger partial charge on any atom is -0.306 e. The Balaban J connectivity index is 1.66. The summed E-state index contributed by atoms with van der Waals surface area (Å²) in [4.78, 5) is 41.9. The van der Waals surface area contributed by atoms with Gasteiger partial charge < -0.3 is 4.90 Å². The third kappa shape index (κ3) is 3.91. The number of fused-ring (bicyclic) bond motifs is 1. The molecule has 0 radical (unpaired) electrons. The highest BCUT2D eigenvalue weighted by Gasteiger charge is 2.35. The van der Waals surface area contributed by atoms with Crippen molar-refractivity contribution in [2.75, 3.05) is 18.0 Å². The zero-order valence-corrected chi connectivity index (χ0v) is 18.8. The normalized spacial score (nSPS) is 12.8. The van der Waals surface area contributed by atoms with Crippen LogP contribution in [0.1, 0.15) is 42.2 Å². The van der Waals surface area contributed by atoms with E-state index in [1.54, 1.807) is 35.2 Å². The largest absolute Gasteiger partial charge is 0.306 e. The Labute approximate surface area is 189 Å². The molecule has 0 atom stereocenters. The van der Waals surface area contributed by atoms with Gasteiger partial charge in [-0.3, -0.25) is 19.3 Å². The number of hydrogen-bond donors (Lipinski definition) is 0. The van der Waals surface area contributed by atoms with Crippen molar-refractivity contribution in [2.24, 2.45) is 0 Å². The lowest BCUT2D eigenvalue weighted by atomic mass is 10.1. The van der Waals surface area contributed by atoms with Gasteiger partial charge in [-0.25, -0.2) is 0 Å². The van der Waals surface area contributed by atoms with Crippen molar-refractivity contribution in [1.29, 1.82) is 0 Å². The summed E-state index contributed by atoms with van der Waals surface area (Å²) < 4.78 is 0.690. The van der Waals surface area contributed by atoms with Crippen molar-refractivity contribution in [3.05, 3.63) is 99.0 Å². The number of carbonyl (C=O) groups is 3. The molecule has 0 saturated carbocycles. The summed E-state index contributed by atoms with van der Waals surface area (Å²) in [6.07, 6.45) is 0. The van der Waals surface area contributed by atoms with Crippen molar-refractivity contribution in [1.82, 2.24) is 4.90 Å². The van der Waals surface area contributed by atoms with Crippen LogP contribution in [0.25, 0.3) is 0 Å². The molecule has 0 aromatic heterocycles. The van der Waals surface area contributed by atoms with E-state index in [4.69, 9.17) is 0 Å². The van der Waals surface area contributed by atoms with Crippen LogP contribution in [0.4, 0.5) is 5.69 Å². The number of carbonyl (C=O) groups excluding carboxylic acids is 3. The topological polar surface area (TPSA) is 57.7 Å². The molecule has 3 aromatic carbocycles. The lowest BCUT2D eigenvalue weighted by molar-refractivity contribution is 0.0654. The van der Waals surface area contributed by atoms with Crippen LogP contribution < -0.4 is 4.90 Å². The van der Waals surface area contributed by atoms with Gasteiger partial charge in [0, 0.05) is 23.2 Å². The second kappa shape index (κ2) is 8.47. The highest BCUT2D eigenvalue weighted by Crippen LogP contribution is 2.27. The van der Waals surface area contributed by atoms with Crippen molar-refractivity contribution >= 4 is 39.3 Å². The van der Waals surface area contributed by atoms with Crippen LogP contribution in [-0.4, -0.2) is 35.7 Å². The predicted octanol–water partition coefficient (Wildman–Crippen LogP) is 5.01. The smallest absolute Gasteiger partial charge is 0.261 e. The molecule has 0 saturated heterocycles. The average molecular weight is 477 g/mol. The first-order chi connectivity index (χ1) is 14.9. The number of anilines is 1. The number of rotatable bonds is 5. The summed E-state index contributed by atoms with van der Waals surface area (Å²) in [7, 11) is 0. The van der Waals surface area contributed by atoms with Gasteiger partial charge in [-0.15, -0.1) is 0 Å². The van der Waals surface area contributed by atoms with E-state index in [-0.39, 0.29) is 30.8 Å². The second-order valence-corrected chi connectivity index (χ2v) is 8.39. The molecule has 1 heterocycles. The molecular weight excluding hydrogens is 456 g/mol. The Bertz CT molecular complexity index is 1170. The zero-order valence-electron chi connectivity index (χ0n) is 17.3. The molecule has 1 aliphatic rings. The van der Waals surface area contributed by atoms with E-state index in [1.165, 1.54) is 4.90 Å². The Hall–Kier alpha value is -3.25. The monoisotopic (exact) mass is 476 g/mol. The molecule has 0 bridgehead atoms. The number of halogens is 1. The van der Waals surface area contributed by atoms with Crippen molar-refractivity contribution in [2.45, 2.75) is 13.8 Å². The molecular formula is C25H21BrN2O3. The first-order valence-corrected chi connectivity index (χ1v) is 10.8. The molecule has 0 spiro atoms. The Morgan fingerprint density at radius 1 is 0.903 bits per heavy atom. The molecule has 31 heavy (non-hydrogen) atoms. The molecule has 6 heteroatoms. The fourth-order valence-electron chi connectivity index (χ4n) is 3.86. The van der Waals surface area contributed by atoms with Crippen LogP contribution in [0.3, 0.4) is 0 Å². The molecule has 0 aliphatic carbocycles. The molecule has 0 fully saturated rings. The fraction of sp³-hybridized carbons (Fsp3) is 0.160. The standard InChI is InChI=1S/C25H21BrN2O3/c1-16-11-12-22(17(2)15-16)27(25(31)20-9-5-6-10-21(20)26)13-14-28-23(29)18-7-3-4-8-19(18)24(28)30/h3-12,15H,13-14H2,1-2H3. The van der Waals surface area contributed by atoms with Crippen molar-refractivity contribution in [3.63, 3.8) is 0 Å². The van der Waals surface area contributed by atoms with Crippen LogP contribution in [0, 0.1) is 13.8 Å². The van der Waals surface area contributed by atoms with E-state index in [9.17, 15) is 14.4 Å². The summed E-state index contributed by atoms with van der Waals surface area (Å²) >= 11 is 3.46. The van der Waals surface area contributed by atoms with Crippen LogP contribution in [0.5, 0.6) is 0 Å². The van der Waals surface area contributed by atoms with Gasteiger partial charge in [0.15, 0.2) is 0 Å². The third-order valence-corrected chi connectivity index (χ3v) is 6.11. The minimum absolute atomic E-state index is 0.107. The third-order valence-electron chi connectivity index (χ3n) is 5.42. The van der Waals surface area contributed by atoms with Gasteiger partial charge in [0.05, 0.1) is 16.7 Å². The Morgan fingerprint density at radius 3 is 2.13 bits per heavy atom. The maximum atomic E-state index is 13.5. The lowest BCUT2D eigenvalue weighted by Gasteiger charge is -2.27. The van der Waals surface area contributed by atoms with Crippen LogP contribution >= 0.6 is 15.9 Å². The van der Waals surface area contributed by atoms with Gasteiger partial charge >= 0.3 is 0 Å². The number of imide groups is 1. The van der Waals surface area contributed by atoms with E-state index >= 15 is 0 Å². The quantitative estimate of drug-likeness (QED) is 0.486. The van der Waals surface area contributed by atoms with Crippen LogP contribution in [0.2, 0.25) is 0 Å². The number of amides is 3. The second-order valence-electron chi connectivity index (χ2n) is 7.53. The SMILES string of the molecule is Cc1ccc(N(CCN2C(=O)c3ccccc3C2=O)C(=O)c2ccccc2Br)c(C)c1. The molecule has 0 unspecified atom stereocenters. The number of nitrogens with zero attached hydrogens (tertiary/aromatic N) is 2. The molecule has 4 rings (SSSR count). The van der Waals surface area contributed by atoms with Gasteiger partial charge in [-0.2, -0.15) is 0 Å². The lowest BCUT2D eigenvalue weighted by Crippen LogP contribution is -2.41. The molecule has 0 N–H and O–H groups in total. The fourth-order valence-corrected chi connectivity index (χ4v) is 4.32. The maximum absolute atomic E-state index is 13.5. The summed E-state index contributed by atoms with van der Waals surface area (Å²) in [6, 6.07) is 19.9. The Morgan fingerprint density at radius 2 is 1.52 bits per heavy atom. The molecule has 1 aliphatic heterocycles. The van der Waals surface area contributed by atoms with Gasteiger partial charge in [-0.1, -0.05) is 42.0 Å². The molecule has 5 nitrogen and oxygen atoms in total.